The van der Waals surface area contributed by atoms with Crippen LogP contribution in [0.4, 0.5) is 4.79 Å². The Hall–Kier alpha value is -2.24. The molecule has 1 heterocycles. The summed E-state index contributed by atoms with van der Waals surface area (Å²) in [6.07, 6.45) is 2.19. The third-order valence-electron chi connectivity index (χ3n) is 4.40. The summed E-state index contributed by atoms with van der Waals surface area (Å²) in [7, 11) is 1.62. The summed E-state index contributed by atoms with van der Waals surface area (Å²) in [4.78, 5) is 26.1. The lowest BCUT2D eigenvalue weighted by molar-refractivity contribution is -0.133. The maximum absolute atomic E-state index is 12.1. The van der Waals surface area contributed by atoms with Crippen molar-refractivity contribution in [1.82, 2.24) is 15.5 Å². The summed E-state index contributed by atoms with van der Waals surface area (Å²) in [5.41, 5.74) is 0.939. The van der Waals surface area contributed by atoms with Crippen molar-refractivity contribution in [3.63, 3.8) is 0 Å². The van der Waals surface area contributed by atoms with Gasteiger partial charge in [-0.15, -0.1) is 0 Å². The van der Waals surface area contributed by atoms with Gasteiger partial charge < -0.3 is 20.3 Å². The molecule has 2 rings (SSSR count). The number of benzene rings is 1. The summed E-state index contributed by atoms with van der Waals surface area (Å²) in [6.45, 7) is 5.95. The van der Waals surface area contributed by atoms with Gasteiger partial charge >= 0.3 is 6.03 Å². The molecule has 2 N–H and O–H groups in total. The predicted octanol–water partition coefficient (Wildman–Crippen LogP) is 2.53. The van der Waals surface area contributed by atoms with Gasteiger partial charge in [-0.05, 0) is 24.8 Å². The summed E-state index contributed by atoms with van der Waals surface area (Å²) in [5, 5.41) is 5.87. The Morgan fingerprint density at radius 1 is 1.24 bits per heavy atom. The normalized spacial score (nSPS) is 15.1. The number of urea groups is 1. The van der Waals surface area contributed by atoms with Crippen molar-refractivity contribution in [3.05, 3.63) is 29.8 Å². The number of nitrogens with one attached hydrogen (secondary N) is 2. The van der Waals surface area contributed by atoms with Crippen LogP contribution in [0.1, 0.15) is 38.7 Å². The fraction of sp³-hybridized carbons (Fsp3) is 0.579. The molecule has 0 saturated carbocycles. The minimum absolute atomic E-state index is 0.112. The van der Waals surface area contributed by atoms with E-state index in [0.717, 1.165) is 24.2 Å². The van der Waals surface area contributed by atoms with Crippen LogP contribution >= 0.6 is 0 Å². The first kappa shape index (κ1) is 19.1. The highest BCUT2D eigenvalue weighted by Gasteiger charge is 2.24. The molecule has 1 aromatic rings. The van der Waals surface area contributed by atoms with Crippen molar-refractivity contribution in [2.24, 2.45) is 5.92 Å². The van der Waals surface area contributed by atoms with E-state index in [1.165, 1.54) is 0 Å². The Bertz CT molecular complexity index is 581. The lowest BCUT2D eigenvalue weighted by Gasteiger charge is -2.32. The van der Waals surface area contributed by atoms with Crippen molar-refractivity contribution in [2.75, 3.05) is 20.2 Å². The molecule has 3 amide bonds. The topological polar surface area (TPSA) is 70.7 Å². The van der Waals surface area contributed by atoms with Gasteiger partial charge in [0.2, 0.25) is 5.91 Å². The van der Waals surface area contributed by atoms with Gasteiger partial charge in [0.1, 0.15) is 5.75 Å². The second kappa shape index (κ2) is 9.30. The lowest BCUT2D eigenvalue weighted by Crippen LogP contribution is -2.49. The number of hydrogen-bond donors (Lipinski definition) is 2. The minimum atomic E-state index is -0.183. The molecule has 0 bridgehead atoms. The molecule has 25 heavy (non-hydrogen) atoms. The van der Waals surface area contributed by atoms with Gasteiger partial charge in [-0.3, -0.25) is 4.79 Å². The molecule has 0 aromatic heterocycles. The van der Waals surface area contributed by atoms with Crippen LogP contribution in [0.25, 0.3) is 0 Å². The van der Waals surface area contributed by atoms with Gasteiger partial charge in [0.05, 0.1) is 7.11 Å². The van der Waals surface area contributed by atoms with E-state index in [9.17, 15) is 9.59 Å². The minimum Gasteiger partial charge on any atom is -0.496 e. The molecule has 1 aliphatic rings. The zero-order chi connectivity index (χ0) is 18.2. The van der Waals surface area contributed by atoms with Crippen LogP contribution in [0.15, 0.2) is 24.3 Å². The van der Waals surface area contributed by atoms with E-state index in [4.69, 9.17) is 4.74 Å². The number of piperidine rings is 1. The number of amides is 3. The molecule has 0 unspecified atom stereocenters. The van der Waals surface area contributed by atoms with Gasteiger partial charge in [-0.2, -0.15) is 0 Å². The average Bonchev–Trinajstić information content (AvgIpc) is 2.60. The molecule has 1 aromatic carbocycles. The number of para-hydroxylation sites is 1. The maximum Gasteiger partial charge on any atom is 0.315 e. The highest BCUT2D eigenvalue weighted by Crippen LogP contribution is 2.17. The number of rotatable bonds is 6. The summed E-state index contributed by atoms with van der Waals surface area (Å²) < 4.78 is 5.28. The van der Waals surface area contributed by atoms with Crippen LogP contribution in [-0.2, 0) is 11.3 Å². The smallest absolute Gasteiger partial charge is 0.315 e. The second-order valence-corrected chi connectivity index (χ2v) is 6.89. The molecular weight excluding hydrogens is 318 g/mol. The van der Waals surface area contributed by atoms with Gasteiger partial charge in [-0.25, -0.2) is 4.79 Å². The second-order valence-electron chi connectivity index (χ2n) is 6.89. The summed E-state index contributed by atoms with van der Waals surface area (Å²) in [6, 6.07) is 7.55. The highest BCUT2D eigenvalue weighted by molar-refractivity contribution is 5.77. The summed E-state index contributed by atoms with van der Waals surface area (Å²) in [5.74, 6) is 1.36. The molecular formula is C19H29N3O3. The van der Waals surface area contributed by atoms with Crippen LogP contribution in [0.2, 0.25) is 0 Å². The van der Waals surface area contributed by atoms with Crippen molar-refractivity contribution in [2.45, 2.75) is 45.7 Å². The zero-order valence-electron chi connectivity index (χ0n) is 15.4. The Labute approximate surface area is 149 Å². The van der Waals surface area contributed by atoms with E-state index < -0.39 is 0 Å². The standard InChI is InChI=1S/C19H29N3O3/c1-14(2)12-18(23)22-10-8-16(9-11-22)21-19(24)20-13-15-6-4-5-7-17(15)25-3/h4-7,14,16H,8-13H2,1-3H3,(H2,20,21,24). The first-order chi connectivity index (χ1) is 12.0. The number of methoxy groups -OCH3 is 1. The Morgan fingerprint density at radius 2 is 1.92 bits per heavy atom. The number of carbonyl (C=O) groups is 2. The molecule has 6 heteroatoms. The van der Waals surface area contributed by atoms with Crippen molar-refractivity contribution >= 4 is 11.9 Å². The fourth-order valence-corrected chi connectivity index (χ4v) is 3.01. The molecule has 6 nitrogen and oxygen atoms in total. The first-order valence-corrected chi connectivity index (χ1v) is 8.93. The van der Waals surface area contributed by atoms with Crippen molar-refractivity contribution in [3.8, 4) is 5.75 Å². The number of carbonyl (C=O) groups excluding carboxylic acids is 2. The van der Waals surface area contributed by atoms with Crippen LogP contribution in [0, 0.1) is 5.92 Å². The van der Waals surface area contributed by atoms with Crippen LogP contribution in [0.5, 0.6) is 5.75 Å². The van der Waals surface area contributed by atoms with Crippen LogP contribution in [-0.4, -0.2) is 43.1 Å². The van der Waals surface area contributed by atoms with Crippen LogP contribution in [0.3, 0.4) is 0 Å². The average molecular weight is 347 g/mol. The fourth-order valence-electron chi connectivity index (χ4n) is 3.01. The van der Waals surface area contributed by atoms with E-state index in [2.05, 4.69) is 24.5 Å². The zero-order valence-corrected chi connectivity index (χ0v) is 15.4. The van der Waals surface area contributed by atoms with Gasteiger partial charge in [0, 0.05) is 37.7 Å². The molecule has 0 radical (unpaired) electrons. The predicted molar refractivity (Wildman–Crippen MR) is 97.4 cm³/mol. The van der Waals surface area contributed by atoms with Crippen molar-refractivity contribution in [1.29, 1.82) is 0 Å². The lowest BCUT2D eigenvalue weighted by atomic mass is 10.0. The quantitative estimate of drug-likeness (QED) is 0.831. The van der Waals surface area contributed by atoms with E-state index in [-0.39, 0.29) is 18.0 Å². The largest absolute Gasteiger partial charge is 0.496 e. The molecule has 1 aliphatic heterocycles. The third-order valence-corrected chi connectivity index (χ3v) is 4.40. The molecule has 0 spiro atoms. The highest BCUT2D eigenvalue weighted by atomic mass is 16.5. The number of hydrogen-bond acceptors (Lipinski definition) is 3. The summed E-state index contributed by atoms with van der Waals surface area (Å²) >= 11 is 0. The molecule has 1 fully saturated rings. The third kappa shape index (κ3) is 5.96. The number of nitrogens with zero attached hydrogens (tertiary/aromatic N) is 1. The van der Waals surface area contributed by atoms with E-state index in [1.54, 1.807) is 7.11 Å². The molecule has 0 aliphatic carbocycles. The van der Waals surface area contributed by atoms with E-state index in [0.29, 0.717) is 32.0 Å². The Morgan fingerprint density at radius 3 is 2.56 bits per heavy atom. The Balaban J connectivity index is 1.72. The SMILES string of the molecule is COc1ccccc1CNC(=O)NC1CCN(C(=O)CC(C)C)CC1. The number of ether oxygens (including phenoxy) is 1. The maximum atomic E-state index is 12.1. The molecule has 1 saturated heterocycles. The van der Waals surface area contributed by atoms with Gasteiger partial charge in [0.25, 0.3) is 0 Å². The molecule has 138 valence electrons. The Kier molecular flexibility index (Phi) is 7.10. The molecule has 0 atom stereocenters. The monoisotopic (exact) mass is 347 g/mol. The van der Waals surface area contributed by atoms with Crippen LogP contribution < -0.4 is 15.4 Å². The van der Waals surface area contributed by atoms with Gasteiger partial charge in [0.15, 0.2) is 0 Å². The first-order valence-electron chi connectivity index (χ1n) is 8.93. The number of likely N-dealkylation sites (tertiary alicyclic amines) is 1. The van der Waals surface area contributed by atoms with Gasteiger partial charge in [-0.1, -0.05) is 32.0 Å². The van der Waals surface area contributed by atoms with E-state index >= 15 is 0 Å². The van der Waals surface area contributed by atoms with E-state index in [1.807, 2.05) is 29.2 Å². The van der Waals surface area contributed by atoms with Crippen molar-refractivity contribution < 1.29 is 14.3 Å².